The van der Waals surface area contributed by atoms with E-state index in [1.54, 1.807) is 24.5 Å². The van der Waals surface area contributed by atoms with Gasteiger partial charge in [0.15, 0.2) is 0 Å². The van der Waals surface area contributed by atoms with E-state index in [2.05, 4.69) is 46.5 Å². The first-order chi connectivity index (χ1) is 12.6. The highest BCUT2D eigenvalue weighted by Gasteiger charge is 2.26. The summed E-state index contributed by atoms with van der Waals surface area (Å²) in [6.07, 6.45) is 3.32. The average molecular weight is 349 g/mol. The van der Waals surface area contributed by atoms with Gasteiger partial charge in [-0.25, -0.2) is 4.98 Å². The van der Waals surface area contributed by atoms with Crippen molar-refractivity contribution in [1.82, 2.24) is 19.4 Å². The van der Waals surface area contributed by atoms with Gasteiger partial charge in [-0.05, 0) is 38.1 Å². The van der Waals surface area contributed by atoms with E-state index < -0.39 is 0 Å². The van der Waals surface area contributed by atoms with E-state index >= 15 is 0 Å². The fraction of sp³-hybridized carbons (Fsp3) is 0.350. The standard InChI is InChI=1S/C20H23N5O/c1-15(2)25-18-6-4-3-5-17(18)22-20(25)24-13-11-23(12-14-24)19(26)16-7-9-21-10-8-16/h3-10,15H,11-14H2,1-2H3. The van der Waals surface area contributed by atoms with E-state index in [1.165, 1.54) is 0 Å². The number of pyridine rings is 1. The molecule has 1 fully saturated rings. The van der Waals surface area contributed by atoms with Gasteiger partial charge in [-0.15, -0.1) is 0 Å². The fourth-order valence-electron chi connectivity index (χ4n) is 3.55. The lowest BCUT2D eigenvalue weighted by Gasteiger charge is -2.36. The zero-order chi connectivity index (χ0) is 18.1. The van der Waals surface area contributed by atoms with Crippen LogP contribution in [0.1, 0.15) is 30.2 Å². The van der Waals surface area contributed by atoms with Crippen molar-refractivity contribution in [1.29, 1.82) is 0 Å². The second kappa shape index (κ2) is 6.78. The molecule has 1 aliphatic rings. The molecular formula is C20H23N5O. The van der Waals surface area contributed by atoms with E-state index in [0.29, 0.717) is 24.7 Å². The number of hydrogen-bond donors (Lipinski definition) is 0. The summed E-state index contributed by atoms with van der Waals surface area (Å²) in [5.41, 5.74) is 2.88. The summed E-state index contributed by atoms with van der Waals surface area (Å²) >= 11 is 0. The van der Waals surface area contributed by atoms with Crippen molar-refractivity contribution in [3.05, 3.63) is 54.4 Å². The number of piperazine rings is 1. The Kier molecular flexibility index (Phi) is 4.32. The molecule has 0 spiro atoms. The molecule has 0 aliphatic carbocycles. The average Bonchev–Trinajstić information content (AvgIpc) is 3.08. The number of nitrogens with zero attached hydrogens (tertiary/aromatic N) is 5. The number of aromatic nitrogens is 3. The molecule has 3 aromatic rings. The van der Waals surface area contributed by atoms with E-state index in [1.807, 2.05) is 11.0 Å². The van der Waals surface area contributed by atoms with Gasteiger partial charge in [-0.1, -0.05) is 12.1 Å². The monoisotopic (exact) mass is 349 g/mol. The van der Waals surface area contributed by atoms with E-state index in [9.17, 15) is 4.79 Å². The van der Waals surface area contributed by atoms with Crippen molar-refractivity contribution in [2.75, 3.05) is 31.1 Å². The van der Waals surface area contributed by atoms with Gasteiger partial charge in [0.05, 0.1) is 11.0 Å². The zero-order valence-electron chi connectivity index (χ0n) is 15.2. The van der Waals surface area contributed by atoms with E-state index in [0.717, 1.165) is 30.1 Å². The SMILES string of the molecule is CC(C)n1c(N2CCN(C(=O)c3ccncc3)CC2)nc2ccccc21. The molecule has 1 aliphatic heterocycles. The highest BCUT2D eigenvalue weighted by atomic mass is 16.2. The van der Waals surface area contributed by atoms with Crippen molar-refractivity contribution in [2.45, 2.75) is 19.9 Å². The molecular weight excluding hydrogens is 326 g/mol. The molecule has 0 saturated carbocycles. The maximum atomic E-state index is 12.6. The number of benzene rings is 1. The highest BCUT2D eigenvalue weighted by molar-refractivity contribution is 5.94. The Bertz CT molecular complexity index is 910. The van der Waals surface area contributed by atoms with Crippen molar-refractivity contribution in [2.24, 2.45) is 0 Å². The second-order valence-electron chi connectivity index (χ2n) is 6.88. The van der Waals surface area contributed by atoms with Gasteiger partial charge in [0.25, 0.3) is 5.91 Å². The van der Waals surface area contributed by atoms with Crippen LogP contribution in [0, 0.1) is 0 Å². The largest absolute Gasteiger partial charge is 0.339 e. The molecule has 6 nitrogen and oxygen atoms in total. The third kappa shape index (κ3) is 2.92. The Hall–Kier alpha value is -2.89. The van der Waals surface area contributed by atoms with Crippen LogP contribution in [-0.4, -0.2) is 51.5 Å². The smallest absolute Gasteiger partial charge is 0.254 e. The summed E-state index contributed by atoms with van der Waals surface area (Å²) in [5, 5.41) is 0. The highest BCUT2D eigenvalue weighted by Crippen LogP contribution is 2.27. The number of imidazole rings is 1. The minimum absolute atomic E-state index is 0.0735. The maximum absolute atomic E-state index is 12.6. The Morgan fingerprint density at radius 3 is 2.38 bits per heavy atom. The van der Waals surface area contributed by atoms with Crippen LogP contribution in [0.5, 0.6) is 0 Å². The summed E-state index contributed by atoms with van der Waals surface area (Å²) in [6.45, 7) is 7.33. The van der Waals surface area contributed by atoms with Gasteiger partial charge in [0.2, 0.25) is 5.95 Å². The molecule has 134 valence electrons. The first-order valence-corrected chi connectivity index (χ1v) is 9.06. The molecule has 6 heteroatoms. The van der Waals surface area contributed by atoms with Crippen LogP contribution < -0.4 is 4.90 Å². The summed E-state index contributed by atoms with van der Waals surface area (Å²) in [4.78, 5) is 25.7. The quantitative estimate of drug-likeness (QED) is 0.729. The minimum atomic E-state index is 0.0735. The van der Waals surface area contributed by atoms with Crippen molar-refractivity contribution < 1.29 is 4.79 Å². The predicted octanol–water partition coefficient (Wildman–Crippen LogP) is 2.97. The molecule has 26 heavy (non-hydrogen) atoms. The lowest BCUT2D eigenvalue weighted by molar-refractivity contribution is 0.0746. The predicted molar refractivity (Wildman–Crippen MR) is 102 cm³/mol. The molecule has 0 unspecified atom stereocenters. The van der Waals surface area contributed by atoms with Crippen LogP contribution in [0.15, 0.2) is 48.8 Å². The fourth-order valence-corrected chi connectivity index (χ4v) is 3.55. The topological polar surface area (TPSA) is 54.3 Å². The Morgan fingerprint density at radius 2 is 1.69 bits per heavy atom. The van der Waals surface area contributed by atoms with Gasteiger partial charge in [0, 0.05) is 50.2 Å². The Balaban J connectivity index is 1.54. The molecule has 2 aromatic heterocycles. The van der Waals surface area contributed by atoms with Crippen molar-refractivity contribution >= 4 is 22.9 Å². The first kappa shape index (κ1) is 16.6. The van der Waals surface area contributed by atoms with Crippen LogP contribution in [0.25, 0.3) is 11.0 Å². The number of hydrogen-bond acceptors (Lipinski definition) is 4. The molecule has 0 radical (unpaired) electrons. The summed E-state index contributed by atoms with van der Waals surface area (Å²) < 4.78 is 2.29. The normalized spacial score (nSPS) is 15.0. The van der Waals surface area contributed by atoms with E-state index in [4.69, 9.17) is 4.98 Å². The van der Waals surface area contributed by atoms with Gasteiger partial charge in [-0.2, -0.15) is 0 Å². The molecule has 0 atom stereocenters. The number of rotatable bonds is 3. The molecule has 1 saturated heterocycles. The summed E-state index contributed by atoms with van der Waals surface area (Å²) in [6, 6.07) is 12.1. The summed E-state index contributed by atoms with van der Waals surface area (Å²) in [7, 11) is 0. The van der Waals surface area contributed by atoms with Crippen LogP contribution >= 0.6 is 0 Å². The second-order valence-corrected chi connectivity index (χ2v) is 6.88. The molecule has 3 heterocycles. The molecule has 0 N–H and O–H groups in total. The molecule has 0 bridgehead atoms. The first-order valence-electron chi connectivity index (χ1n) is 9.06. The Labute approximate surface area is 153 Å². The van der Waals surface area contributed by atoms with Gasteiger partial charge >= 0.3 is 0 Å². The number of carbonyl (C=O) groups is 1. The maximum Gasteiger partial charge on any atom is 0.254 e. The molecule has 4 rings (SSSR count). The lowest BCUT2D eigenvalue weighted by atomic mass is 10.2. The number of carbonyl (C=O) groups excluding carboxylic acids is 1. The van der Waals surface area contributed by atoms with Gasteiger partial charge < -0.3 is 14.4 Å². The van der Waals surface area contributed by atoms with Crippen LogP contribution in [-0.2, 0) is 0 Å². The molecule has 1 aromatic carbocycles. The number of anilines is 1. The number of amides is 1. The van der Waals surface area contributed by atoms with Gasteiger partial charge in [0.1, 0.15) is 0 Å². The van der Waals surface area contributed by atoms with Crippen molar-refractivity contribution in [3.8, 4) is 0 Å². The third-order valence-corrected chi connectivity index (χ3v) is 4.87. The van der Waals surface area contributed by atoms with Crippen LogP contribution in [0.3, 0.4) is 0 Å². The van der Waals surface area contributed by atoms with Crippen LogP contribution in [0.4, 0.5) is 5.95 Å². The number of fused-ring (bicyclic) bond motifs is 1. The third-order valence-electron chi connectivity index (χ3n) is 4.87. The number of para-hydroxylation sites is 2. The zero-order valence-corrected chi connectivity index (χ0v) is 15.2. The lowest BCUT2D eigenvalue weighted by Crippen LogP contribution is -2.49. The molecule has 1 amide bonds. The summed E-state index contributed by atoms with van der Waals surface area (Å²) in [5.74, 6) is 1.07. The van der Waals surface area contributed by atoms with Crippen LogP contribution in [0.2, 0.25) is 0 Å². The Morgan fingerprint density at radius 1 is 1.00 bits per heavy atom. The van der Waals surface area contributed by atoms with Crippen molar-refractivity contribution in [3.63, 3.8) is 0 Å². The van der Waals surface area contributed by atoms with E-state index in [-0.39, 0.29) is 5.91 Å². The minimum Gasteiger partial charge on any atom is -0.339 e. The van der Waals surface area contributed by atoms with Gasteiger partial charge in [-0.3, -0.25) is 9.78 Å².